The molecule has 1 aromatic heterocycles. The van der Waals surface area contributed by atoms with Gasteiger partial charge in [-0.05, 0) is 19.9 Å². The maximum Gasteiger partial charge on any atom is 0.257 e. The maximum atomic E-state index is 12.3. The summed E-state index contributed by atoms with van der Waals surface area (Å²) in [6.07, 6.45) is 1.63. The average Bonchev–Trinajstić information content (AvgIpc) is 2.34. The zero-order chi connectivity index (χ0) is 13.7. The highest BCUT2D eigenvalue weighted by Gasteiger charge is 2.19. The van der Waals surface area contributed by atoms with Gasteiger partial charge in [0.25, 0.3) is 5.91 Å². The Bertz CT molecular complexity index is 423. The number of aromatic nitrogens is 2. The lowest BCUT2D eigenvalue weighted by Gasteiger charge is -2.19. The van der Waals surface area contributed by atoms with E-state index in [0.717, 1.165) is 12.2 Å². The first kappa shape index (κ1) is 17.8. The van der Waals surface area contributed by atoms with E-state index in [4.69, 9.17) is 0 Å². The number of rotatable bonds is 5. The van der Waals surface area contributed by atoms with Crippen molar-refractivity contribution in [3.63, 3.8) is 0 Å². The summed E-state index contributed by atoms with van der Waals surface area (Å²) in [6.45, 7) is 7.34. The Morgan fingerprint density at radius 3 is 2.63 bits per heavy atom. The van der Waals surface area contributed by atoms with Gasteiger partial charge >= 0.3 is 0 Å². The molecule has 6 heteroatoms. The van der Waals surface area contributed by atoms with E-state index in [2.05, 4.69) is 15.3 Å². The quantitative estimate of drug-likeness (QED) is 0.894. The van der Waals surface area contributed by atoms with Crippen molar-refractivity contribution in [3.05, 3.63) is 23.3 Å². The van der Waals surface area contributed by atoms with Crippen LogP contribution in [-0.2, 0) is 0 Å². The SMILES string of the molecule is CNCCN(C)C(=O)c1cnc(C)nc1C(C)C.Cl. The minimum Gasteiger partial charge on any atom is -0.340 e. The lowest BCUT2D eigenvalue weighted by atomic mass is 10.0. The van der Waals surface area contributed by atoms with Crippen molar-refractivity contribution in [2.45, 2.75) is 26.7 Å². The third-order valence-corrected chi connectivity index (χ3v) is 2.76. The Morgan fingerprint density at radius 1 is 1.47 bits per heavy atom. The summed E-state index contributed by atoms with van der Waals surface area (Å²) < 4.78 is 0. The number of nitrogens with one attached hydrogen (secondary N) is 1. The topological polar surface area (TPSA) is 58.1 Å². The van der Waals surface area contributed by atoms with Crippen LogP contribution >= 0.6 is 12.4 Å². The molecule has 0 fully saturated rings. The van der Waals surface area contributed by atoms with Crippen LogP contribution in [0.4, 0.5) is 0 Å². The van der Waals surface area contributed by atoms with Gasteiger partial charge in [0.15, 0.2) is 0 Å². The van der Waals surface area contributed by atoms with Gasteiger partial charge in [-0.3, -0.25) is 4.79 Å². The molecule has 0 aliphatic heterocycles. The summed E-state index contributed by atoms with van der Waals surface area (Å²) in [5, 5.41) is 3.03. The zero-order valence-electron chi connectivity index (χ0n) is 12.2. The monoisotopic (exact) mass is 286 g/mol. The van der Waals surface area contributed by atoms with Crippen LogP contribution in [0.1, 0.15) is 41.6 Å². The van der Waals surface area contributed by atoms with E-state index in [1.807, 2.05) is 27.8 Å². The second-order valence-corrected chi connectivity index (χ2v) is 4.70. The van der Waals surface area contributed by atoms with Crippen LogP contribution in [0, 0.1) is 6.92 Å². The lowest BCUT2D eigenvalue weighted by molar-refractivity contribution is 0.0794. The molecule has 1 rings (SSSR count). The normalized spacial score (nSPS) is 10.2. The van der Waals surface area contributed by atoms with E-state index in [9.17, 15) is 4.79 Å². The number of halogens is 1. The summed E-state index contributed by atoms with van der Waals surface area (Å²) in [4.78, 5) is 22.5. The molecule has 0 aliphatic carbocycles. The first-order valence-corrected chi connectivity index (χ1v) is 6.21. The van der Waals surface area contributed by atoms with Crippen molar-refractivity contribution in [1.29, 1.82) is 0 Å². The summed E-state index contributed by atoms with van der Waals surface area (Å²) in [7, 11) is 3.66. The molecule has 0 unspecified atom stereocenters. The first-order valence-electron chi connectivity index (χ1n) is 6.21. The number of hydrogen-bond donors (Lipinski definition) is 1. The molecule has 1 amide bonds. The third kappa shape index (κ3) is 4.76. The van der Waals surface area contributed by atoms with Crippen molar-refractivity contribution in [2.75, 3.05) is 27.2 Å². The highest BCUT2D eigenvalue weighted by atomic mass is 35.5. The van der Waals surface area contributed by atoms with Gasteiger partial charge in [-0.1, -0.05) is 13.8 Å². The molecule has 0 atom stereocenters. The first-order chi connectivity index (χ1) is 8.47. The summed E-state index contributed by atoms with van der Waals surface area (Å²) in [6, 6.07) is 0. The molecule has 19 heavy (non-hydrogen) atoms. The number of likely N-dealkylation sites (N-methyl/N-ethyl adjacent to an activating group) is 2. The van der Waals surface area contributed by atoms with Gasteiger partial charge in [0.2, 0.25) is 0 Å². The van der Waals surface area contributed by atoms with Gasteiger partial charge in [0.1, 0.15) is 5.82 Å². The Hall–Kier alpha value is -1.20. The molecule has 108 valence electrons. The van der Waals surface area contributed by atoms with E-state index in [0.29, 0.717) is 17.9 Å². The molecule has 0 aliphatic rings. The Labute approximate surface area is 121 Å². The van der Waals surface area contributed by atoms with Gasteiger partial charge in [0.05, 0.1) is 11.3 Å². The maximum absolute atomic E-state index is 12.3. The van der Waals surface area contributed by atoms with Crippen LogP contribution in [0.15, 0.2) is 6.20 Å². The molecular formula is C13H23ClN4O. The largest absolute Gasteiger partial charge is 0.340 e. The van der Waals surface area contributed by atoms with Crippen molar-refractivity contribution in [3.8, 4) is 0 Å². The van der Waals surface area contributed by atoms with Crippen molar-refractivity contribution < 1.29 is 4.79 Å². The van der Waals surface area contributed by atoms with Crippen molar-refractivity contribution in [2.24, 2.45) is 0 Å². The average molecular weight is 287 g/mol. The fourth-order valence-electron chi connectivity index (χ4n) is 1.68. The molecule has 1 N–H and O–H groups in total. The molecule has 1 aromatic rings. The number of carbonyl (C=O) groups excluding carboxylic acids is 1. The van der Waals surface area contributed by atoms with Gasteiger partial charge in [0, 0.05) is 26.3 Å². The summed E-state index contributed by atoms with van der Waals surface area (Å²) >= 11 is 0. The second-order valence-electron chi connectivity index (χ2n) is 4.70. The smallest absolute Gasteiger partial charge is 0.257 e. The standard InChI is InChI=1S/C13H22N4O.ClH/c1-9(2)12-11(8-15-10(3)16-12)13(18)17(5)7-6-14-4;/h8-9,14H,6-7H2,1-5H3;1H. The van der Waals surface area contributed by atoms with Crippen LogP contribution in [0.3, 0.4) is 0 Å². The van der Waals surface area contributed by atoms with Crippen LogP contribution in [-0.4, -0.2) is 48.0 Å². The number of hydrogen-bond acceptors (Lipinski definition) is 4. The summed E-state index contributed by atoms with van der Waals surface area (Å²) in [5.41, 5.74) is 1.43. The minimum atomic E-state index is -0.0195. The minimum absolute atomic E-state index is 0. The molecule has 0 aromatic carbocycles. The highest BCUT2D eigenvalue weighted by molar-refractivity contribution is 5.95. The van der Waals surface area contributed by atoms with E-state index in [-0.39, 0.29) is 24.2 Å². The molecule has 5 nitrogen and oxygen atoms in total. The molecule has 0 radical (unpaired) electrons. The third-order valence-electron chi connectivity index (χ3n) is 2.76. The molecular weight excluding hydrogens is 264 g/mol. The van der Waals surface area contributed by atoms with Crippen LogP contribution in [0.25, 0.3) is 0 Å². The molecule has 0 saturated heterocycles. The number of nitrogens with zero attached hydrogens (tertiary/aromatic N) is 3. The van der Waals surface area contributed by atoms with Gasteiger partial charge in [-0.2, -0.15) is 0 Å². The molecule has 0 bridgehead atoms. The van der Waals surface area contributed by atoms with E-state index >= 15 is 0 Å². The predicted molar refractivity (Wildman–Crippen MR) is 79.0 cm³/mol. The fourth-order valence-corrected chi connectivity index (χ4v) is 1.68. The Balaban J connectivity index is 0.00000324. The predicted octanol–water partition coefficient (Wildman–Crippen LogP) is 1.62. The van der Waals surface area contributed by atoms with Crippen LogP contribution in [0.5, 0.6) is 0 Å². The number of carbonyl (C=O) groups is 1. The fraction of sp³-hybridized carbons (Fsp3) is 0.615. The van der Waals surface area contributed by atoms with E-state index in [1.54, 1.807) is 18.1 Å². The zero-order valence-corrected chi connectivity index (χ0v) is 13.0. The van der Waals surface area contributed by atoms with Crippen molar-refractivity contribution in [1.82, 2.24) is 20.2 Å². The van der Waals surface area contributed by atoms with Gasteiger partial charge < -0.3 is 10.2 Å². The molecule has 0 spiro atoms. The van der Waals surface area contributed by atoms with Crippen molar-refractivity contribution >= 4 is 18.3 Å². The van der Waals surface area contributed by atoms with E-state index < -0.39 is 0 Å². The Morgan fingerprint density at radius 2 is 2.11 bits per heavy atom. The second kappa shape index (κ2) is 8.07. The van der Waals surface area contributed by atoms with Crippen LogP contribution < -0.4 is 5.32 Å². The number of amides is 1. The number of aryl methyl sites for hydroxylation is 1. The van der Waals surface area contributed by atoms with Gasteiger partial charge in [-0.15, -0.1) is 12.4 Å². The molecule has 1 heterocycles. The summed E-state index contributed by atoms with van der Waals surface area (Å²) in [5.74, 6) is 0.894. The van der Waals surface area contributed by atoms with Gasteiger partial charge in [-0.25, -0.2) is 9.97 Å². The lowest BCUT2D eigenvalue weighted by Crippen LogP contribution is -2.33. The Kier molecular flexibility index (Phi) is 7.56. The molecule has 0 saturated carbocycles. The highest BCUT2D eigenvalue weighted by Crippen LogP contribution is 2.17. The van der Waals surface area contributed by atoms with Crippen LogP contribution in [0.2, 0.25) is 0 Å². The van der Waals surface area contributed by atoms with E-state index in [1.165, 1.54) is 0 Å².